The second-order valence-corrected chi connectivity index (χ2v) is 7.86. The van der Waals surface area contributed by atoms with Crippen LogP contribution in [0.2, 0.25) is 0 Å². The number of carbonyl (C=O) groups is 1. The average Bonchev–Trinajstić information content (AvgIpc) is 2.65. The van der Waals surface area contributed by atoms with Gasteiger partial charge in [0, 0.05) is 38.4 Å². The molecule has 27 heavy (non-hydrogen) atoms. The molecule has 2 rings (SSSR count). The number of nitrogens with zero attached hydrogens (tertiary/aromatic N) is 3. The Kier molecular flexibility index (Phi) is 6.65. The first-order valence-corrected chi connectivity index (χ1v) is 9.97. The lowest BCUT2D eigenvalue weighted by Gasteiger charge is -2.32. The molecule has 1 amide bonds. The molecule has 1 fully saturated rings. The van der Waals surface area contributed by atoms with Crippen LogP contribution in [0.25, 0.3) is 0 Å². The van der Waals surface area contributed by atoms with Gasteiger partial charge in [0.25, 0.3) is 5.91 Å². The van der Waals surface area contributed by atoms with Gasteiger partial charge >= 0.3 is 0 Å². The van der Waals surface area contributed by atoms with E-state index in [1.54, 1.807) is 23.1 Å². The number of nitriles is 1. The van der Waals surface area contributed by atoms with Crippen molar-refractivity contribution in [2.75, 3.05) is 52.0 Å². The molecule has 1 aliphatic heterocycles. The predicted molar refractivity (Wildman–Crippen MR) is 99.9 cm³/mol. The Balaban J connectivity index is 2.11. The third-order valence-electron chi connectivity index (χ3n) is 4.07. The number of ether oxygens (including phenoxy) is 2. The summed E-state index contributed by atoms with van der Waals surface area (Å²) in [4.78, 5) is 14.2. The molecular weight excluding hydrogens is 372 g/mol. The molecule has 1 saturated heterocycles. The third kappa shape index (κ3) is 5.35. The molecule has 1 heterocycles. The summed E-state index contributed by atoms with van der Waals surface area (Å²) < 4.78 is 34.8. The second-order valence-electron chi connectivity index (χ2n) is 5.87. The van der Waals surface area contributed by atoms with Crippen molar-refractivity contribution in [2.45, 2.75) is 0 Å². The summed E-state index contributed by atoms with van der Waals surface area (Å²) in [6.45, 7) is 1.40. The minimum Gasteiger partial charge on any atom is -0.497 e. The van der Waals surface area contributed by atoms with Crippen LogP contribution >= 0.6 is 0 Å². The monoisotopic (exact) mass is 394 g/mol. The number of carbonyl (C=O) groups excluding carboxylic acids is 1. The smallest absolute Gasteiger partial charge is 0.267 e. The van der Waals surface area contributed by atoms with Gasteiger partial charge in [-0.3, -0.25) is 4.79 Å². The quantitative estimate of drug-likeness (QED) is 0.556. The number of benzene rings is 1. The summed E-state index contributed by atoms with van der Waals surface area (Å²) in [6, 6.07) is 6.81. The van der Waals surface area contributed by atoms with Gasteiger partial charge in [-0.1, -0.05) is 0 Å². The molecule has 0 aromatic heterocycles. The van der Waals surface area contributed by atoms with Gasteiger partial charge in [0.05, 0.1) is 26.2 Å². The van der Waals surface area contributed by atoms with Crippen LogP contribution < -0.4 is 14.8 Å². The number of methoxy groups -OCH3 is 2. The summed E-state index contributed by atoms with van der Waals surface area (Å²) in [5.74, 6) is 0.378. The minimum absolute atomic E-state index is 0.0901. The molecule has 1 aromatic carbocycles. The van der Waals surface area contributed by atoms with Crippen molar-refractivity contribution in [3.63, 3.8) is 0 Å². The Morgan fingerprint density at radius 3 is 2.41 bits per heavy atom. The molecule has 9 nitrogen and oxygen atoms in total. The fourth-order valence-corrected chi connectivity index (χ4v) is 3.41. The molecule has 0 unspecified atom stereocenters. The molecule has 1 aliphatic rings. The lowest BCUT2D eigenvalue weighted by atomic mass is 10.2. The first-order chi connectivity index (χ1) is 12.8. The topological polar surface area (TPSA) is 112 Å². The molecule has 0 bridgehead atoms. The SMILES string of the molecule is COc1ccc(OC)c(NC(=O)/C(C#N)=C\N2CCN(S(C)(=O)=O)CC2)c1. The zero-order valence-electron chi connectivity index (χ0n) is 15.4. The predicted octanol–water partition coefficient (Wildman–Crippen LogP) is 0.627. The minimum atomic E-state index is -3.24. The molecule has 146 valence electrons. The van der Waals surface area contributed by atoms with Crippen LogP contribution in [0.3, 0.4) is 0 Å². The van der Waals surface area contributed by atoms with Crippen LogP contribution in [0.4, 0.5) is 5.69 Å². The first kappa shape index (κ1) is 20.5. The summed E-state index contributed by atoms with van der Waals surface area (Å²) in [5, 5.41) is 12.0. The maximum Gasteiger partial charge on any atom is 0.267 e. The average molecular weight is 394 g/mol. The van der Waals surface area contributed by atoms with Gasteiger partial charge in [-0.05, 0) is 12.1 Å². The van der Waals surface area contributed by atoms with Crippen LogP contribution in [0.15, 0.2) is 30.0 Å². The van der Waals surface area contributed by atoms with Crippen LogP contribution in [-0.4, -0.2) is 70.2 Å². The van der Waals surface area contributed by atoms with E-state index in [2.05, 4.69) is 5.32 Å². The number of anilines is 1. The van der Waals surface area contributed by atoms with Crippen molar-refractivity contribution in [1.82, 2.24) is 9.21 Å². The lowest BCUT2D eigenvalue weighted by molar-refractivity contribution is -0.112. The fraction of sp³-hybridized carbons (Fsp3) is 0.412. The normalized spacial score (nSPS) is 15.8. The Bertz CT molecular complexity index is 868. The highest BCUT2D eigenvalue weighted by Gasteiger charge is 2.23. The molecule has 0 saturated carbocycles. The van der Waals surface area contributed by atoms with Crippen molar-refractivity contribution >= 4 is 21.6 Å². The molecule has 1 N–H and O–H groups in total. The Morgan fingerprint density at radius 1 is 1.22 bits per heavy atom. The number of hydrogen-bond donors (Lipinski definition) is 1. The van der Waals surface area contributed by atoms with Crippen LogP contribution in [0.1, 0.15) is 0 Å². The highest BCUT2D eigenvalue weighted by Crippen LogP contribution is 2.29. The van der Waals surface area contributed by atoms with Gasteiger partial charge in [-0.2, -0.15) is 9.57 Å². The van der Waals surface area contributed by atoms with E-state index < -0.39 is 15.9 Å². The largest absolute Gasteiger partial charge is 0.497 e. The highest BCUT2D eigenvalue weighted by atomic mass is 32.2. The van der Waals surface area contributed by atoms with Crippen LogP contribution in [0.5, 0.6) is 11.5 Å². The van der Waals surface area contributed by atoms with Crippen molar-refractivity contribution in [1.29, 1.82) is 5.26 Å². The molecule has 0 atom stereocenters. The zero-order valence-corrected chi connectivity index (χ0v) is 16.2. The molecule has 0 radical (unpaired) electrons. The molecule has 1 aromatic rings. The van der Waals surface area contributed by atoms with E-state index in [4.69, 9.17) is 9.47 Å². The standard InChI is InChI=1S/C17H22N4O5S/c1-25-14-4-5-16(26-2)15(10-14)19-17(22)13(11-18)12-20-6-8-21(9-7-20)27(3,23)24/h4-5,10,12H,6-9H2,1-3H3,(H,19,22)/b13-12-. The molecular formula is C17H22N4O5S. The van der Waals surface area contributed by atoms with Gasteiger partial charge in [0.15, 0.2) is 0 Å². The van der Waals surface area contributed by atoms with Gasteiger partial charge in [-0.15, -0.1) is 0 Å². The Morgan fingerprint density at radius 2 is 1.89 bits per heavy atom. The van der Waals surface area contributed by atoms with Gasteiger partial charge < -0.3 is 19.7 Å². The maximum atomic E-state index is 12.5. The van der Waals surface area contributed by atoms with Crippen LogP contribution in [-0.2, 0) is 14.8 Å². The van der Waals surface area contributed by atoms with Crippen molar-refractivity contribution in [3.8, 4) is 17.6 Å². The lowest BCUT2D eigenvalue weighted by Crippen LogP contribution is -2.46. The third-order valence-corrected chi connectivity index (χ3v) is 5.38. The van der Waals surface area contributed by atoms with Gasteiger partial charge in [0.1, 0.15) is 23.1 Å². The Hall–Kier alpha value is -2.77. The number of sulfonamides is 1. The van der Waals surface area contributed by atoms with Crippen LogP contribution in [0, 0.1) is 11.3 Å². The second kappa shape index (κ2) is 8.75. The fourth-order valence-electron chi connectivity index (χ4n) is 2.59. The van der Waals surface area contributed by atoms with E-state index in [1.165, 1.54) is 24.7 Å². The first-order valence-electron chi connectivity index (χ1n) is 8.13. The van der Waals surface area contributed by atoms with Crippen molar-refractivity contribution < 1.29 is 22.7 Å². The van der Waals surface area contributed by atoms with E-state index in [0.717, 1.165) is 6.26 Å². The molecule has 0 spiro atoms. The molecule has 0 aliphatic carbocycles. The summed E-state index contributed by atoms with van der Waals surface area (Å²) in [6.07, 6.45) is 2.61. The van der Waals surface area contributed by atoms with Crippen molar-refractivity contribution in [2.24, 2.45) is 0 Å². The van der Waals surface area contributed by atoms with Gasteiger partial charge in [-0.25, -0.2) is 8.42 Å². The number of piperazine rings is 1. The van der Waals surface area contributed by atoms with E-state index in [0.29, 0.717) is 43.4 Å². The number of rotatable bonds is 6. The van der Waals surface area contributed by atoms with Crippen molar-refractivity contribution in [3.05, 3.63) is 30.0 Å². The highest BCUT2D eigenvalue weighted by molar-refractivity contribution is 7.88. The van der Waals surface area contributed by atoms with Gasteiger partial charge in [0.2, 0.25) is 10.0 Å². The maximum absolute atomic E-state index is 12.5. The number of nitrogens with one attached hydrogen (secondary N) is 1. The molecule has 10 heteroatoms. The summed E-state index contributed by atoms with van der Waals surface area (Å²) in [5.41, 5.74) is 0.289. The van der Waals surface area contributed by atoms with E-state index >= 15 is 0 Å². The number of amides is 1. The number of hydrogen-bond acceptors (Lipinski definition) is 7. The van der Waals surface area contributed by atoms with E-state index in [9.17, 15) is 18.5 Å². The summed E-state index contributed by atoms with van der Waals surface area (Å²) >= 11 is 0. The summed E-state index contributed by atoms with van der Waals surface area (Å²) in [7, 11) is -0.263. The Labute approximate surface area is 158 Å². The zero-order chi connectivity index (χ0) is 20.0. The van der Waals surface area contributed by atoms with E-state index in [-0.39, 0.29) is 5.57 Å². The van der Waals surface area contributed by atoms with E-state index in [1.807, 2.05) is 6.07 Å².